The summed E-state index contributed by atoms with van der Waals surface area (Å²) in [5, 5.41) is 3.25. The molecule has 1 atom stereocenters. The molecule has 2 heteroatoms. The molecule has 3 rings (SSSR count). The molecule has 0 spiro atoms. The molecule has 1 aliphatic rings. The van der Waals surface area contributed by atoms with Crippen molar-refractivity contribution in [3.8, 4) is 11.1 Å². The fraction of sp³-hybridized carbons (Fsp3) is 0.368. The predicted molar refractivity (Wildman–Crippen MR) is 86.0 cm³/mol. The van der Waals surface area contributed by atoms with Crippen LogP contribution in [0.15, 0.2) is 36.4 Å². The minimum Gasteiger partial charge on any atom is -0.313 e. The van der Waals surface area contributed by atoms with Gasteiger partial charge in [-0.25, -0.2) is 4.39 Å². The van der Waals surface area contributed by atoms with E-state index in [2.05, 4.69) is 30.4 Å². The van der Waals surface area contributed by atoms with Crippen molar-refractivity contribution in [2.45, 2.75) is 38.6 Å². The molecular formula is C19H22FN. The zero-order valence-electron chi connectivity index (χ0n) is 12.7. The third-order valence-corrected chi connectivity index (χ3v) is 4.57. The topological polar surface area (TPSA) is 12.0 Å². The molecule has 0 bridgehead atoms. The summed E-state index contributed by atoms with van der Waals surface area (Å²) >= 11 is 0. The summed E-state index contributed by atoms with van der Waals surface area (Å²) < 4.78 is 13.7. The van der Waals surface area contributed by atoms with Gasteiger partial charge in [-0.2, -0.15) is 0 Å². The molecule has 0 saturated carbocycles. The lowest BCUT2D eigenvalue weighted by molar-refractivity contribution is 0.620. The minimum absolute atomic E-state index is 0.172. The van der Waals surface area contributed by atoms with Crippen molar-refractivity contribution in [3.05, 3.63) is 58.9 Å². The molecule has 0 fully saturated rings. The molecule has 0 saturated heterocycles. The van der Waals surface area contributed by atoms with Gasteiger partial charge in [-0.3, -0.25) is 0 Å². The number of hydrogen-bond donors (Lipinski definition) is 1. The number of aryl methyl sites for hydroxylation is 2. The fourth-order valence-corrected chi connectivity index (χ4v) is 3.21. The maximum Gasteiger partial charge on any atom is 0.123 e. The van der Waals surface area contributed by atoms with E-state index in [9.17, 15) is 4.39 Å². The van der Waals surface area contributed by atoms with Gasteiger partial charge in [-0.15, -0.1) is 0 Å². The van der Waals surface area contributed by atoms with Gasteiger partial charge >= 0.3 is 0 Å². The van der Waals surface area contributed by atoms with Crippen molar-refractivity contribution in [1.82, 2.24) is 5.32 Å². The van der Waals surface area contributed by atoms with Gasteiger partial charge in [-0.1, -0.05) is 24.3 Å². The second-order valence-corrected chi connectivity index (χ2v) is 5.93. The number of hydrogen-bond acceptors (Lipinski definition) is 1. The molecule has 0 amide bonds. The average molecular weight is 283 g/mol. The lowest BCUT2D eigenvalue weighted by Gasteiger charge is -2.20. The van der Waals surface area contributed by atoms with Crippen LogP contribution in [0.25, 0.3) is 11.1 Å². The van der Waals surface area contributed by atoms with Crippen molar-refractivity contribution < 1.29 is 4.39 Å². The minimum atomic E-state index is -0.172. The van der Waals surface area contributed by atoms with E-state index in [1.54, 1.807) is 12.1 Å². The van der Waals surface area contributed by atoms with E-state index in [1.165, 1.54) is 30.4 Å². The highest BCUT2D eigenvalue weighted by molar-refractivity contribution is 5.69. The van der Waals surface area contributed by atoms with Crippen molar-refractivity contribution >= 4 is 0 Å². The Kier molecular flexibility index (Phi) is 4.07. The Morgan fingerprint density at radius 1 is 1.00 bits per heavy atom. The predicted octanol–water partition coefficient (Wildman–Crippen LogP) is 4.65. The third kappa shape index (κ3) is 2.86. The van der Waals surface area contributed by atoms with Crippen LogP contribution >= 0.6 is 0 Å². The van der Waals surface area contributed by atoms with E-state index in [4.69, 9.17) is 0 Å². The lowest BCUT2D eigenvalue weighted by atomic mass is 9.87. The number of benzene rings is 2. The Hall–Kier alpha value is -1.67. The highest BCUT2D eigenvalue weighted by Gasteiger charge is 2.14. The number of fused-ring (bicyclic) bond motifs is 1. The normalized spacial score (nSPS) is 15.6. The second-order valence-electron chi connectivity index (χ2n) is 5.93. The summed E-state index contributed by atoms with van der Waals surface area (Å²) in [7, 11) is 1.94. The van der Waals surface area contributed by atoms with Crippen LogP contribution in [0, 0.1) is 5.82 Å². The molecule has 2 aromatic rings. The van der Waals surface area contributed by atoms with Crippen LogP contribution in [0.2, 0.25) is 0 Å². The van der Waals surface area contributed by atoms with E-state index in [0.717, 1.165) is 23.1 Å². The zero-order chi connectivity index (χ0) is 14.8. The molecule has 110 valence electrons. The summed E-state index contributed by atoms with van der Waals surface area (Å²) in [6, 6.07) is 11.9. The fourth-order valence-electron chi connectivity index (χ4n) is 3.21. The smallest absolute Gasteiger partial charge is 0.123 e. The largest absolute Gasteiger partial charge is 0.313 e. The van der Waals surface area contributed by atoms with Crippen LogP contribution in [0.3, 0.4) is 0 Å². The van der Waals surface area contributed by atoms with Gasteiger partial charge < -0.3 is 5.32 Å². The molecule has 1 nitrogen and oxygen atoms in total. The summed E-state index contributed by atoms with van der Waals surface area (Å²) in [6.45, 7) is 2.11. The molecule has 0 aliphatic heterocycles. The van der Waals surface area contributed by atoms with Crippen LogP contribution in [-0.2, 0) is 12.8 Å². The van der Waals surface area contributed by atoms with E-state index < -0.39 is 0 Å². The van der Waals surface area contributed by atoms with Crippen LogP contribution < -0.4 is 5.32 Å². The lowest BCUT2D eigenvalue weighted by Crippen LogP contribution is -2.13. The Labute approximate surface area is 126 Å². The first-order chi connectivity index (χ1) is 10.2. The second kappa shape index (κ2) is 5.98. The first-order valence-electron chi connectivity index (χ1n) is 7.78. The number of rotatable bonds is 3. The van der Waals surface area contributed by atoms with Crippen LogP contribution in [-0.4, -0.2) is 7.05 Å². The monoisotopic (exact) mass is 283 g/mol. The van der Waals surface area contributed by atoms with Crippen molar-refractivity contribution in [1.29, 1.82) is 0 Å². The highest BCUT2D eigenvalue weighted by Crippen LogP contribution is 2.32. The van der Waals surface area contributed by atoms with E-state index in [0.29, 0.717) is 0 Å². The molecular weight excluding hydrogens is 261 g/mol. The van der Waals surface area contributed by atoms with Gasteiger partial charge in [0.15, 0.2) is 0 Å². The Morgan fingerprint density at radius 2 is 1.76 bits per heavy atom. The molecule has 0 aromatic heterocycles. The van der Waals surface area contributed by atoms with Crippen LogP contribution in [0.1, 0.15) is 42.5 Å². The summed E-state index contributed by atoms with van der Waals surface area (Å²) in [5.41, 5.74) is 6.18. The summed E-state index contributed by atoms with van der Waals surface area (Å²) in [5.74, 6) is -0.172. The third-order valence-electron chi connectivity index (χ3n) is 4.57. The first-order valence-corrected chi connectivity index (χ1v) is 7.78. The molecule has 0 radical (unpaired) electrons. The van der Waals surface area contributed by atoms with Gasteiger partial charge in [0.05, 0.1) is 0 Å². The Morgan fingerprint density at radius 3 is 2.52 bits per heavy atom. The van der Waals surface area contributed by atoms with Crippen molar-refractivity contribution in [2.75, 3.05) is 7.05 Å². The quantitative estimate of drug-likeness (QED) is 0.864. The van der Waals surface area contributed by atoms with E-state index >= 15 is 0 Å². The molecule has 1 unspecified atom stereocenters. The Balaban J connectivity index is 2.09. The van der Waals surface area contributed by atoms with Gasteiger partial charge in [0.25, 0.3) is 0 Å². The van der Waals surface area contributed by atoms with Crippen molar-refractivity contribution in [3.63, 3.8) is 0 Å². The molecule has 2 aromatic carbocycles. The van der Waals surface area contributed by atoms with Gasteiger partial charge in [0.1, 0.15) is 5.82 Å². The average Bonchev–Trinajstić information content (AvgIpc) is 2.53. The summed E-state index contributed by atoms with van der Waals surface area (Å²) in [6.07, 6.45) is 4.88. The highest BCUT2D eigenvalue weighted by atomic mass is 19.1. The molecule has 1 aliphatic carbocycles. The number of nitrogens with one attached hydrogen (secondary N) is 1. The standard InChI is InChI=1S/C19H22FN/c1-13(21-2)18-10-9-17(20)12-19(18)16-8-7-14-5-3-4-6-15(14)11-16/h7-13,21H,3-6H2,1-2H3. The maximum absolute atomic E-state index is 13.7. The van der Waals surface area contributed by atoms with Gasteiger partial charge in [0.2, 0.25) is 0 Å². The van der Waals surface area contributed by atoms with E-state index in [-0.39, 0.29) is 11.9 Å². The van der Waals surface area contributed by atoms with Crippen molar-refractivity contribution in [2.24, 2.45) is 0 Å². The van der Waals surface area contributed by atoms with E-state index in [1.807, 2.05) is 13.1 Å². The maximum atomic E-state index is 13.7. The summed E-state index contributed by atoms with van der Waals surface area (Å²) in [4.78, 5) is 0. The van der Waals surface area contributed by atoms with Gasteiger partial charge in [-0.05, 0) is 79.6 Å². The van der Waals surface area contributed by atoms with Crippen LogP contribution in [0.5, 0.6) is 0 Å². The molecule has 1 N–H and O–H groups in total. The zero-order valence-corrected chi connectivity index (χ0v) is 12.7. The molecule has 21 heavy (non-hydrogen) atoms. The Bertz CT molecular complexity index is 648. The first kappa shape index (κ1) is 14.3. The SMILES string of the molecule is CNC(C)c1ccc(F)cc1-c1ccc2c(c1)CCCC2. The number of halogens is 1. The van der Waals surface area contributed by atoms with Crippen LogP contribution in [0.4, 0.5) is 4.39 Å². The van der Waals surface area contributed by atoms with Gasteiger partial charge in [0, 0.05) is 6.04 Å². The molecule has 0 heterocycles.